The van der Waals surface area contributed by atoms with Crippen LogP contribution in [0.1, 0.15) is 25.7 Å². The first-order valence-electron chi connectivity index (χ1n) is 8.55. The minimum atomic E-state index is -0.957. The van der Waals surface area contributed by atoms with Crippen molar-refractivity contribution in [1.29, 1.82) is 0 Å². The van der Waals surface area contributed by atoms with Crippen molar-refractivity contribution in [2.75, 3.05) is 19.5 Å². The molecule has 25 heavy (non-hydrogen) atoms. The number of para-hydroxylation sites is 1. The maximum atomic E-state index is 13.1. The van der Waals surface area contributed by atoms with Gasteiger partial charge in [-0.25, -0.2) is 0 Å². The zero-order chi connectivity index (χ0) is 18.0. The van der Waals surface area contributed by atoms with Gasteiger partial charge in [0.2, 0.25) is 5.91 Å². The second kappa shape index (κ2) is 6.86. The molecule has 1 aromatic carbocycles. The average molecular weight is 345 g/mol. The number of fused-ring (bicyclic) bond motifs is 3. The summed E-state index contributed by atoms with van der Waals surface area (Å²) in [5, 5.41) is 2.85. The van der Waals surface area contributed by atoms with E-state index < -0.39 is 29.2 Å². The van der Waals surface area contributed by atoms with E-state index in [1.165, 1.54) is 14.2 Å². The number of nitrogens with one attached hydrogen (secondary N) is 1. The Morgan fingerprint density at radius 1 is 1.04 bits per heavy atom. The molecular formula is C19H23NO5. The van der Waals surface area contributed by atoms with Gasteiger partial charge in [0.15, 0.2) is 0 Å². The van der Waals surface area contributed by atoms with Crippen LogP contribution >= 0.6 is 0 Å². The molecule has 0 unspecified atom stereocenters. The van der Waals surface area contributed by atoms with E-state index in [0.29, 0.717) is 18.5 Å². The Morgan fingerprint density at radius 3 is 2.24 bits per heavy atom. The molecule has 0 aliphatic heterocycles. The van der Waals surface area contributed by atoms with Crippen molar-refractivity contribution in [2.24, 2.45) is 23.2 Å². The maximum absolute atomic E-state index is 13.1. The van der Waals surface area contributed by atoms with Gasteiger partial charge in [0.1, 0.15) is 0 Å². The number of carbonyl (C=O) groups is 3. The van der Waals surface area contributed by atoms with Gasteiger partial charge in [-0.2, -0.15) is 0 Å². The molecule has 1 aromatic rings. The predicted molar refractivity (Wildman–Crippen MR) is 90.5 cm³/mol. The SMILES string of the molecule is COC(=O)[C@@H]1C2CCC(C(=O)OC)(CC2)[C@H]1C(=O)Nc1ccccc1. The molecule has 3 aliphatic rings. The molecule has 4 rings (SSSR count). The second-order valence-corrected chi connectivity index (χ2v) is 6.87. The van der Waals surface area contributed by atoms with Crippen molar-refractivity contribution >= 4 is 23.5 Å². The number of hydrogen-bond acceptors (Lipinski definition) is 5. The summed E-state index contributed by atoms with van der Waals surface area (Å²) in [6, 6.07) is 9.03. The lowest BCUT2D eigenvalue weighted by atomic mass is 9.50. The third-order valence-corrected chi connectivity index (χ3v) is 5.77. The molecular weight excluding hydrogens is 322 g/mol. The van der Waals surface area contributed by atoms with Crippen molar-refractivity contribution in [3.05, 3.63) is 30.3 Å². The van der Waals surface area contributed by atoms with E-state index >= 15 is 0 Å². The van der Waals surface area contributed by atoms with E-state index in [4.69, 9.17) is 9.47 Å². The number of methoxy groups -OCH3 is 2. The fraction of sp³-hybridized carbons (Fsp3) is 0.526. The van der Waals surface area contributed by atoms with E-state index in [2.05, 4.69) is 5.32 Å². The van der Waals surface area contributed by atoms with Crippen molar-refractivity contribution < 1.29 is 23.9 Å². The number of benzene rings is 1. The zero-order valence-electron chi connectivity index (χ0n) is 14.5. The standard InChI is InChI=1S/C19H23NO5/c1-24-17(22)14-12-8-10-19(11-9-12,18(23)25-2)15(14)16(21)20-13-6-4-3-5-7-13/h3-7,12,14-15H,8-11H2,1-2H3,(H,20,21)/t12?,14-,15-,19?/m1/s1. The largest absolute Gasteiger partial charge is 0.469 e. The summed E-state index contributed by atoms with van der Waals surface area (Å²) in [4.78, 5) is 38.1. The first kappa shape index (κ1) is 17.5. The van der Waals surface area contributed by atoms with Crippen molar-refractivity contribution in [3.63, 3.8) is 0 Å². The highest BCUT2D eigenvalue weighted by Gasteiger charge is 2.63. The summed E-state index contributed by atoms with van der Waals surface area (Å²) >= 11 is 0. The highest BCUT2D eigenvalue weighted by Crippen LogP contribution is 2.57. The Hall–Kier alpha value is -2.37. The normalized spacial score (nSPS) is 30.4. The number of amides is 1. The Morgan fingerprint density at radius 2 is 1.68 bits per heavy atom. The second-order valence-electron chi connectivity index (χ2n) is 6.87. The number of carbonyl (C=O) groups excluding carboxylic acids is 3. The molecule has 134 valence electrons. The lowest BCUT2D eigenvalue weighted by molar-refractivity contribution is -0.182. The molecule has 1 N–H and O–H groups in total. The molecule has 0 radical (unpaired) electrons. The summed E-state index contributed by atoms with van der Waals surface area (Å²) in [5.74, 6) is -2.49. The third-order valence-electron chi connectivity index (χ3n) is 5.77. The Balaban J connectivity index is 1.98. The Kier molecular flexibility index (Phi) is 4.79. The van der Waals surface area contributed by atoms with Gasteiger partial charge in [0.25, 0.3) is 0 Å². The first-order chi connectivity index (χ1) is 12.0. The van der Waals surface area contributed by atoms with Crippen LogP contribution in [0.2, 0.25) is 0 Å². The molecule has 0 heterocycles. The summed E-state index contributed by atoms with van der Waals surface area (Å²) in [6.45, 7) is 0. The van der Waals surface area contributed by atoms with Crippen molar-refractivity contribution in [3.8, 4) is 0 Å². The first-order valence-corrected chi connectivity index (χ1v) is 8.55. The summed E-state index contributed by atoms with van der Waals surface area (Å²) < 4.78 is 9.99. The number of hydrogen-bond donors (Lipinski definition) is 1. The van der Waals surface area contributed by atoms with Crippen molar-refractivity contribution in [2.45, 2.75) is 25.7 Å². The lowest BCUT2D eigenvalue weighted by Crippen LogP contribution is -2.59. The smallest absolute Gasteiger partial charge is 0.312 e. The number of rotatable bonds is 4. The molecule has 6 nitrogen and oxygen atoms in total. The van der Waals surface area contributed by atoms with Crippen LogP contribution in [0.4, 0.5) is 5.69 Å². The van der Waals surface area contributed by atoms with E-state index in [-0.39, 0.29) is 11.8 Å². The van der Waals surface area contributed by atoms with Gasteiger partial charge >= 0.3 is 11.9 Å². The van der Waals surface area contributed by atoms with Crippen molar-refractivity contribution in [1.82, 2.24) is 0 Å². The molecule has 0 spiro atoms. The van der Waals surface area contributed by atoms with Crippen LogP contribution in [-0.2, 0) is 23.9 Å². The van der Waals surface area contributed by atoms with Crippen LogP contribution in [0.5, 0.6) is 0 Å². The minimum Gasteiger partial charge on any atom is -0.469 e. The van der Waals surface area contributed by atoms with Crippen LogP contribution < -0.4 is 5.32 Å². The quantitative estimate of drug-likeness (QED) is 0.848. The summed E-state index contributed by atoms with van der Waals surface area (Å²) in [7, 11) is 2.65. The van der Waals surface area contributed by atoms with E-state index in [9.17, 15) is 14.4 Å². The summed E-state index contributed by atoms with van der Waals surface area (Å²) in [6.07, 6.45) is 2.57. The number of anilines is 1. The highest BCUT2D eigenvalue weighted by molar-refractivity contribution is 5.99. The number of ether oxygens (including phenoxy) is 2. The van der Waals surface area contributed by atoms with Crippen LogP contribution in [-0.4, -0.2) is 32.1 Å². The molecule has 1 amide bonds. The van der Waals surface area contributed by atoms with Crippen LogP contribution in [0.25, 0.3) is 0 Å². The zero-order valence-corrected chi connectivity index (χ0v) is 14.5. The third kappa shape index (κ3) is 2.90. The molecule has 6 heteroatoms. The fourth-order valence-corrected chi connectivity index (χ4v) is 4.60. The Bertz CT molecular complexity index is 664. The molecule has 3 saturated carbocycles. The monoisotopic (exact) mass is 345 g/mol. The van der Waals surface area contributed by atoms with E-state index in [1.54, 1.807) is 12.1 Å². The van der Waals surface area contributed by atoms with Gasteiger partial charge in [-0.15, -0.1) is 0 Å². The minimum absolute atomic E-state index is 0.0607. The van der Waals surface area contributed by atoms with Gasteiger partial charge < -0.3 is 14.8 Å². The summed E-state index contributed by atoms with van der Waals surface area (Å²) in [5.41, 5.74) is -0.320. The van der Waals surface area contributed by atoms with E-state index in [1.807, 2.05) is 18.2 Å². The van der Waals surface area contributed by atoms with Gasteiger partial charge in [-0.3, -0.25) is 14.4 Å². The van der Waals surface area contributed by atoms with Gasteiger partial charge in [0.05, 0.1) is 31.5 Å². The van der Waals surface area contributed by atoms with Crippen LogP contribution in [0.3, 0.4) is 0 Å². The predicted octanol–water partition coefficient (Wildman–Crippen LogP) is 2.39. The fourth-order valence-electron chi connectivity index (χ4n) is 4.60. The Labute approximate surface area is 146 Å². The molecule has 0 saturated heterocycles. The van der Waals surface area contributed by atoms with Gasteiger partial charge in [-0.1, -0.05) is 18.2 Å². The lowest BCUT2D eigenvalue weighted by Gasteiger charge is -2.52. The molecule has 2 atom stereocenters. The van der Waals surface area contributed by atoms with Gasteiger partial charge in [0, 0.05) is 5.69 Å². The van der Waals surface area contributed by atoms with Crippen LogP contribution in [0.15, 0.2) is 30.3 Å². The number of esters is 2. The van der Waals surface area contributed by atoms with Gasteiger partial charge in [-0.05, 0) is 43.7 Å². The molecule has 0 aromatic heterocycles. The maximum Gasteiger partial charge on any atom is 0.312 e. The highest BCUT2D eigenvalue weighted by atomic mass is 16.5. The molecule has 2 bridgehead atoms. The molecule has 3 fully saturated rings. The van der Waals surface area contributed by atoms with Crippen LogP contribution in [0, 0.1) is 23.2 Å². The average Bonchev–Trinajstić information content (AvgIpc) is 2.67. The topological polar surface area (TPSA) is 81.7 Å². The van der Waals surface area contributed by atoms with E-state index in [0.717, 1.165) is 12.8 Å². The molecule has 3 aliphatic carbocycles.